The van der Waals surface area contributed by atoms with E-state index < -0.39 is 23.6 Å². The highest BCUT2D eigenvalue weighted by Crippen LogP contribution is 2.06. The normalized spacial score (nSPS) is 11.4. The van der Waals surface area contributed by atoms with Gasteiger partial charge < -0.3 is 10.6 Å². The molecule has 0 aliphatic rings. The fourth-order valence-electron chi connectivity index (χ4n) is 2.22. The summed E-state index contributed by atoms with van der Waals surface area (Å²) < 4.78 is 0. The number of Topliss-reactive ketones (excluding diaryl/α,β-unsaturated/α-hetero) is 1. The summed E-state index contributed by atoms with van der Waals surface area (Å²) in [4.78, 5) is 41.3. The predicted molar refractivity (Wildman–Crippen MR) is 94.2 cm³/mol. The lowest BCUT2D eigenvalue weighted by Gasteiger charge is -2.17. The first-order valence-corrected chi connectivity index (χ1v) is 8.21. The molecule has 2 aromatic rings. The number of hydrogen-bond donors (Lipinski definition) is 2. The maximum Gasteiger partial charge on any atom is 0.253 e. The first-order chi connectivity index (χ1) is 12.1. The Morgan fingerprint density at radius 3 is 2.40 bits per heavy atom. The Hall–Kier alpha value is -3.02. The maximum absolute atomic E-state index is 12.7. The van der Waals surface area contributed by atoms with Crippen LogP contribution in [-0.4, -0.2) is 35.2 Å². The van der Waals surface area contributed by atoms with Crippen LogP contribution in [0.3, 0.4) is 0 Å². The molecule has 0 spiro atoms. The predicted octanol–water partition coefficient (Wildman–Crippen LogP) is 1.98. The van der Waals surface area contributed by atoms with E-state index in [1.165, 1.54) is 6.20 Å². The molecule has 1 unspecified atom stereocenters. The van der Waals surface area contributed by atoms with Crippen LogP contribution < -0.4 is 10.6 Å². The molecule has 130 valence electrons. The number of pyridine rings is 1. The molecule has 1 heterocycles. The largest absolute Gasteiger partial charge is 0.354 e. The summed E-state index contributed by atoms with van der Waals surface area (Å²) in [5.41, 5.74) is 0.652. The lowest BCUT2D eigenvalue weighted by molar-refractivity contribution is -0.121. The minimum absolute atomic E-state index is 0.287. The van der Waals surface area contributed by atoms with Crippen LogP contribution in [0.25, 0.3) is 0 Å². The molecule has 6 nitrogen and oxygen atoms in total. The van der Waals surface area contributed by atoms with Gasteiger partial charge in [0.05, 0.1) is 5.56 Å². The number of ketones is 1. The second-order valence-corrected chi connectivity index (χ2v) is 5.52. The minimum Gasteiger partial charge on any atom is -0.354 e. The van der Waals surface area contributed by atoms with Crippen molar-refractivity contribution in [1.29, 1.82) is 0 Å². The van der Waals surface area contributed by atoms with Crippen molar-refractivity contribution in [3.05, 3.63) is 66.0 Å². The number of amides is 2. The van der Waals surface area contributed by atoms with Gasteiger partial charge in [-0.2, -0.15) is 0 Å². The van der Waals surface area contributed by atoms with E-state index in [0.29, 0.717) is 12.1 Å². The number of carbonyl (C=O) groups is 3. The number of carbonyl (C=O) groups excluding carboxylic acids is 3. The molecule has 0 aliphatic carbocycles. The molecule has 1 aromatic heterocycles. The van der Waals surface area contributed by atoms with Crippen molar-refractivity contribution >= 4 is 17.6 Å². The Morgan fingerprint density at radius 2 is 1.76 bits per heavy atom. The van der Waals surface area contributed by atoms with E-state index in [1.54, 1.807) is 48.7 Å². The van der Waals surface area contributed by atoms with Gasteiger partial charge in [0, 0.05) is 24.5 Å². The summed E-state index contributed by atoms with van der Waals surface area (Å²) in [6.45, 7) is 2.46. The summed E-state index contributed by atoms with van der Waals surface area (Å²) in [5, 5.41) is 5.22. The van der Waals surface area contributed by atoms with E-state index in [1.807, 2.05) is 6.92 Å². The third-order valence-corrected chi connectivity index (χ3v) is 3.61. The Bertz CT molecular complexity index is 717. The average Bonchev–Trinajstić information content (AvgIpc) is 2.67. The van der Waals surface area contributed by atoms with Crippen LogP contribution in [0, 0.1) is 0 Å². The van der Waals surface area contributed by atoms with Crippen molar-refractivity contribution < 1.29 is 14.4 Å². The molecule has 2 amide bonds. The summed E-state index contributed by atoms with van der Waals surface area (Å²) in [5.74, 6) is -1.49. The maximum atomic E-state index is 12.7. The van der Waals surface area contributed by atoms with Gasteiger partial charge in [0.15, 0.2) is 11.8 Å². The number of hydrogen-bond acceptors (Lipinski definition) is 4. The van der Waals surface area contributed by atoms with E-state index >= 15 is 0 Å². The van der Waals surface area contributed by atoms with Crippen LogP contribution in [-0.2, 0) is 4.79 Å². The minimum atomic E-state index is -1.29. The molecule has 1 aromatic carbocycles. The monoisotopic (exact) mass is 339 g/mol. The van der Waals surface area contributed by atoms with Gasteiger partial charge in [0.1, 0.15) is 0 Å². The molecule has 2 rings (SSSR count). The van der Waals surface area contributed by atoms with Crippen molar-refractivity contribution in [2.24, 2.45) is 0 Å². The summed E-state index contributed by atoms with van der Waals surface area (Å²) in [7, 11) is 0. The molecule has 25 heavy (non-hydrogen) atoms. The molecule has 1 atom stereocenters. The van der Waals surface area contributed by atoms with Gasteiger partial charge in [-0.25, -0.2) is 0 Å². The van der Waals surface area contributed by atoms with Gasteiger partial charge in [0.2, 0.25) is 0 Å². The van der Waals surface area contributed by atoms with Crippen molar-refractivity contribution in [2.75, 3.05) is 6.54 Å². The molecule has 6 heteroatoms. The quantitative estimate of drug-likeness (QED) is 0.437. The zero-order valence-corrected chi connectivity index (χ0v) is 14.1. The first-order valence-electron chi connectivity index (χ1n) is 8.21. The number of nitrogens with zero attached hydrogens (tertiary/aromatic N) is 1. The Labute approximate surface area is 146 Å². The zero-order chi connectivity index (χ0) is 18.1. The highest BCUT2D eigenvalue weighted by molar-refractivity contribution is 6.16. The van der Waals surface area contributed by atoms with Crippen molar-refractivity contribution in [3.63, 3.8) is 0 Å². The molecule has 0 fully saturated rings. The van der Waals surface area contributed by atoms with Gasteiger partial charge in [0.25, 0.3) is 11.8 Å². The lowest BCUT2D eigenvalue weighted by atomic mass is 10.0. The first kappa shape index (κ1) is 18.3. The highest BCUT2D eigenvalue weighted by Gasteiger charge is 2.29. The number of rotatable bonds is 8. The zero-order valence-electron chi connectivity index (χ0n) is 14.1. The second-order valence-electron chi connectivity index (χ2n) is 5.52. The Balaban J connectivity index is 2.18. The Morgan fingerprint density at radius 1 is 1.04 bits per heavy atom. The van der Waals surface area contributed by atoms with Crippen LogP contribution in [0.2, 0.25) is 0 Å². The van der Waals surface area contributed by atoms with Crippen LogP contribution in [0.5, 0.6) is 0 Å². The molecule has 0 saturated carbocycles. The molecule has 0 radical (unpaired) electrons. The number of unbranched alkanes of at least 4 members (excludes halogenated alkanes) is 1. The SMILES string of the molecule is CCCCNC(=O)C(NC(=O)c1cccnc1)C(=O)c1ccccc1. The molecule has 2 N–H and O–H groups in total. The van der Waals surface area contributed by atoms with Crippen molar-refractivity contribution in [3.8, 4) is 0 Å². The molecule has 0 aliphatic heterocycles. The highest BCUT2D eigenvalue weighted by atomic mass is 16.2. The summed E-state index contributed by atoms with van der Waals surface area (Å²) >= 11 is 0. The van der Waals surface area contributed by atoms with Gasteiger partial charge in [-0.05, 0) is 18.6 Å². The van der Waals surface area contributed by atoms with Crippen LogP contribution in [0.1, 0.15) is 40.5 Å². The van der Waals surface area contributed by atoms with Gasteiger partial charge in [-0.3, -0.25) is 19.4 Å². The molecular weight excluding hydrogens is 318 g/mol. The second kappa shape index (κ2) is 9.32. The smallest absolute Gasteiger partial charge is 0.253 e. The van der Waals surface area contributed by atoms with E-state index in [0.717, 1.165) is 12.8 Å². The number of benzene rings is 1. The third kappa shape index (κ3) is 5.24. The average molecular weight is 339 g/mol. The molecule has 0 saturated heterocycles. The van der Waals surface area contributed by atoms with E-state index in [-0.39, 0.29) is 5.56 Å². The topological polar surface area (TPSA) is 88.2 Å². The Kier molecular flexibility index (Phi) is 6.83. The van der Waals surface area contributed by atoms with Gasteiger partial charge >= 0.3 is 0 Å². The van der Waals surface area contributed by atoms with Crippen LogP contribution in [0.15, 0.2) is 54.9 Å². The van der Waals surface area contributed by atoms with E-state index in [9.17, 15) is 14.4 Å². The lowest BCUT2D eigenvalue weighted by Crippen LogP contribution is -2.51. The van der Waals surface area contributed by atoms with E-state index in [2.05, 4.69) is 15.6 Å². The third-order valence-electron chi connectivity index (χ3n) is 3.61. The van der Waals surface area contributed by atoms with Crippen molar-refractivity contribution in [1.82, 2.24) is 15.6 Å². The number of aromatic nitrogens is 1. The van der Waals surface area contributed by atoms with Crippen LogP contribution >= 0.6 is 0 Å². The number of nitrogens with one attached hydrogen (secondary N) is 2. The van der Waals surface area contributed by atoms with Crippen molar-refractivity contribution in [2.45, 2.75) is 25.8 Å². The van der Waals surface area contributed by atoms with E-state index in [4.69, 9.17) is 0 Å². The fraction of sp³-hybridized carbons (Fsp3) is 0.263. The molecule has 0 bridgehead atoms. The van der Waals surface area contributed by atoms with Gasteiger partial charge in [-0.1, -0.05) is 43.7 Å². The fourth-order valence-corrected chi connectivity index (χ4v) is 2.22. The summed E-state index contributed by atoms with van der Waals surface area (Å²) in [6.07, 6.45) is 4.64. The summed E-state index contributed by atoms with van der Waals surface area (Å²) in [6, 6.07) is 10.3. The molecular formula is C19H21N3O3. The van der Waals surface area contributed by atoms with Crippen LogP contribution in [0.4, 0.5) is 0 Å². The standard InChI is InChI=1S/C19H21N3O3/c1-2-3-12-21-19(25)16(17(23)14-8-5-4-6-9-14)22-18(24)15-10-7-11-20-13-15/h4-11,13,16H,2-3,12H2,1H3,(H,21,25)(H,22,24). The van der Waals surface area contributed by atoms with Gasteiger partial charge in [-0.15, -0.1) is 0 Å².